The van der Waals surface area contributed by atoms with E-state index in [9.17, 15) is 0 Å². The highest BCUT2D eigenvalue weighted by molar-refractivity contribution is 6.49. The lowest BCUT2D eigenvalue weighted by Crippen LogP contribution is -2.12. The van der Waals surface area contributed by atoms with Crippen molar-refractivity contribution in [3.8, 4) is 11.8 Å². The van der Waals surface area contributed by atoms with Gasteiger partial charge in [0.1, 0.15) is 5.71 Å². The van der Waals surface area contributed by atoms with Crippen LogP contribution in [0.15, 0.2) is 46.4 Å². The first-order chi connectivity index (χ1) is 35.1. The second-order valence-corrected chi connectivity index (χ2v) is 22.1. The van der Waals surface area contributed by atoms with Crippen LogP contribution in [0.2, 0.25) is 0 Å². The van der Waals surface area contributed by atoms with Crippen LogP contribution in [-0.2, 0) is 25.7 Å². The van der Waals surface area contributed by atoms with Gasteiger partial charge in [0.2, 0.25) is 0 Å². The minimum Gasteiger partial charge on any atom is -0.251 e. The summed E-state index contributed by atoms with van der Waals surface area (Å²) < 4.78 is 0. The molecule has 0 N–H and O–H groups in total. The van der Waals surface area contributed by atoms with E-state index in [1.807, 2.05) is 0 Å². The fraction of sp³-hybridized carbons (Fsp3) is 0.768. The average molecular weight is 976 g/mol. The summed E-state index contributed by atoms with van der Waals surface area (Å²) >= 11 is 0. The van der Waals surface area contributed by atoms with E-state index in [1.165, 1.54) is 266 Å². The van der Waals surface area contributed by atoms with E-state index in [4.69, 9.17) is 9.98 Å². The van der Waals surface area contributed by atoms with Crippen molar-refractivity contribution in [3.63, 3.8) is 0 Å². The van der Waals surface area contributed by atoms with Crippen LogP contribution in [-0.4, -0.2) is 11.4 Å². The van der Waals surface area contributed by atoms with Crippen LogP contribution in [0.4, 0.5) is 11.4 Å². The fourth-order valence-electron chi connectivity index (χ4n) is 10.7. The van der Waals surface area contributed by atoms with E-state index in [0.717, 1.165) is 80.6 Å². The largest absolute Gasteiger partial charge is 0.251 e. The molecule has 0 aliphatic heterocycles. The molecule has 0 amide bonds. The molecule has 2 rings (SSSR count). The van der Waals surface area contributed by atoms with E-state index in [1.54, 1.807) is 0 Å². The van der Waals surface area contributed by atoms with Gasteiger partial charge in [0, 0.05) is 6.42 Å². The van der Waals surface area contributed by atoms with Crippen molar-refractivity contribution in [2.45, 2.75) is 343 Å². The summed E-state index contributed by atoms with van der Waals surface area (Å²) in [5.41, 5.74) is 9.97. The van der Waals surface area contributed by atoms with Crippen molar-refractivity contribution in [1.29, 1.82) is 0 Å². The molecule has 404 valence electrons. The molecular formula is C69H118N2. The lowest BCUT2D eigenvalue weighted by atomic mass is 9.98. The maximum absolute atomic E-state index is 5.50. The molecule has 71 heavy (non-hydrogen) atoms. The predicted octanol–water partition coefficient (Wildman–Crippen LogP) is 23.6. The Balaban J connectivity index is 1.90. The van der Waals surface area contributed by atoms with Gasteiger partial charge < -0.3 is 0 Å². The van der Waals surface area contributed by atoms with Crippen LogP contribution < -0.4 is 0 Å². The SMILES string of the molecule is CCCCCCCCCCCCC#CC(=Nc1ccc(CCC)c(CCC)c1)C(CCCCCCCCCCCCCCCCCCCCCCCCCCCCC)=Nc1ccc(CCC)c(CCC)c1. The quantitative estimate of drug-likeness (QED) is 0.0359. The Morgan fingerprint density at radius 3 is 0.944 bits per heavy atom. The van der Waals surface area contributed by atoms with Crippen LogP contribution in [0.25, 0.3) is 0 Å². The summed E-state index contributed by atoms with van der Waals surface area (Å²) in [6.45, 7) is 13.8. The zero-order valence-corrected chi connectivity index (χ0v) is 48.6. The minimum atomic E-state index is 0.896. The predicted molar refractivity (Wildman–Crippen MR) is 322 cm³/mol. The summed E-state index contributed by atoms with van der Waals surface area (Å²) in [5.74, 6) is 7.31. The maximum atomic E-state index is 5.50. The topological polar surface area (TPSA) is 24.7 Å². The first-order valence-electron chi connectivity index (χ1n) is 32.0. The molecule has 0 saturated heterocycles. The first kappa shape index (κ1) is 64.5. The molecule has 0 atom stereocenters. The normalized spacial score (nSPS) is 12.0. The zero-order valence-electron chi connectivity index (χ0n) is 48.6. The molecule has 2 heteroatoms. The lowest BCUT2D eigenvalue weighted by molar-refractivity contribution is 0.515. The Kier molecular flexibility index (Phi) is 43.8. The van der Waals surface area contributed by atoms with E-state index >= 15 is 0 Å². The summed E-state index contributed by atoms with van der Waals surface area (Å²) in [7, 11) is 0. The summed E-state index contributed by atoms with van der Waals surface area (Å²) in [5, 5.41) is 0. The second kappa shape index (κ2) is 48.3. The highest BCUT2D eigenvalue weighted by Crippen LogP contribution is 2.26. The van der Waals surface area contributed by atoms with Gasteiger partial charge in [0.15, 0.2) is 0 Å². The Bertz CT molecular complexity index is 1630. The molecule has 0 saturated carbocycles. The van der Waals surface area contributed by atoms with Gasteiger partial charge in [0.25, 0.3) is 0 Å². The van der Waals surface area contributed by atoms with Gasteiger partial charge in [-0.05, 0) is 97.4 Å². The molecule has 2 nitrogen and oxygen atoms in total. The standard InChI is InChI=1S/C69H118N2/c1-7-13-15-17-19-21-23-25-26-27-28-29-30-31-32-33-34-35-36-37-38-39-41-43-45-47-49-55-69(71-67-59-57-63(51-10-4)65(61-67)53-12-6)68(54-48-46-44-42-40-24-22-20-18-16-14-8-2)70-66-58-56-62(50-9-3)64(60-66)52-11-5/h56-61H,7-47,49-53,55H2,1-6H3. The molecular weight excluding hydrogens is 857 g/mol. The van der Waals surface area contributed by atoms with E-state index in [0.29, 0.717) is 0 Å². The van der Waals surface area contributed by atoms with E-state index in [-0.39, 0.29) is 0 Å². The van der Waals surface area contributed by atoms with Gasteiger partial charge in [-0.15, -0.1) is 0 Å². The Hall–Kier alpha value is -2.66. The molecule has 0 aromatic heterocycles. The van der Waals surface area contributed by atoms with Crippen molar-refractivity contribution in [1.82, 2.24) is 0 Å². The first-order valence-corrected chi connectivity index (χ1v) is 32.0. The second-order valence-electron chi connectivity index (χ2n) is 22.1. The van der Waals surface area contributed by atoms with Crippen LogP contribution in [0.1, 0.15) is 340 Å². The number of aliphatic imine (C=N–C) groups is 2. The van der Waals surface area contributed by atoms with Gasteiger partial charge in [-0.2, -0.15) is 0 Å². The van der Waals surface area contributed by atoms with Crippen molar-refractivity contribution in [2.24, 2.45) is 9.98 Å². The van der Waals surface area contributed by atoms with Gasteiger partial charge in [-0.1, -0.05) is 310 Å². The smallest absolute Gasteiger partial charge is 0.135 e. The number of unbranched alkanes of at least 4 members (excludes halogenated alkanes) is 36. The molecule has 0 unspecified atom stereocenters. The molecule has 2 aromatic rings. The Morgan fingerprint density at radius 1 is 0.310 bits per heavy atom. The molecule has 0 bridgehead atoms. The molecule has 0 fully saturated rings. The molecule has 2 aromatic carbocycles. The fourth-order valence-corrected chi connectivity index (χ4v) is 10.7. The summed E-state index contributed by atoms with van der Waals surface area (Å²) in [4.78, 5) is 10.9. The molecule has 0 heterocycles. The van der Waals surface area contributed by atoms with Gasteiger partial charge in [-0.3, -0.25) is 4.99 Å². The molecule has 0 aliphatic rings. The number of benzene rings is 2. The van der Waals surface area contributed by atoms with Crippen LogP contribution in [0, 0.1) is 11.8 Å². The van der Waals surface area contributed by atoms with Crippen LogP contribution >= 0.6 is 0 Å². The highest BCUT2D eigenvalue weighted by atomic mass is 14.8. The molecule has 0 spiro atoms. The maximum Gasteiger partial charge on any atom is 0.135 e. The van der Waals surface area contributed by atoms with E-state index in [2.05, 4.69) is 89.8 Å². The third kappa shape index (κ3) is 35.2. The Morgan fingerprint density at radius 2 is 0.606 bits per heavy atom. The van der Waals surface area contributed by atoms with Crippen molar-refractivity contribution in [3.05, 3.63) is 58.7 Å². The third-order valence-corrected chi connectivity index (χ3v) is 15.1. The number of rotatable bonds is 49. The summed E-state index contributed by atoms with van der Waals surface area (Å²) in [6, 6.07) is 13.9. The summed E-state index contributed by atoms with van der Waals surface area (Å²) in [6.07, 6.45) is 62.9. The monoisotopic (exact) mass is 975 g/mol. The average Bonchev–Trinajstić information content (AvgIpc) is 3.37. The highest BCUT2D eigenvalue weighted by Gasteiger charge is 2.12. The Labute approximate surface area is 444 Å². The molecule has 0 aliphatic carbocycles. The zero-order chi connectivity index (χ0) is 50.9. The molecule has 0 radical (unpaired) electrons. The number of hydrogen-bond acceptors (Lipinski definition) is 2. The third-order valence-electron chi connectivity index (χ3n) is 15.1. The number of nitrogens with zero attached hydrogens (tertiary/aromatic N) is 2. The minimum absolute atomic E-state index is 0.896. The van der Waals surface area contributed by atoms with Crippen LogP contribution in [0.5, 0.6) is 0 Å². The number of hydrogen-bond donors (Lipinski definition) is 0. The van der Waals surface area contributed by atoms with Crippen molar-refractivity contribution in [2.75, 3.05) is 0 Å². The lowest BCUT2D eigenvalue weighted by Gasteiger charge is -2.12. The van der Waals surface area contributed by atoms with Gasteiger partial charge in [0.05, 0.1) is 17.1 Å². The van der Waals surface area contributed by atoms with Gasteiger partial charge in [-0.25, -0.2) is 4.99 Å². The van der Waals surface area contributed by atoms with E-state index < -0.39 is 0 Å². The van der Waals surface area contributed by atoms with Gasteiger partial charge >= 0.3 is 0 Å². The number of aryl methyl sites for hydroxylation is 4. The van der Waals surface area contributed by atoms with Crippen molar-refractivity contribution >= 4 is 22.8 Å². The van der Waals surface area contributed by atoms with Crippen molar-refractivity contribution < 1.29 is 0 Å². The van der Waals surface area contributed by atoms with Crippen LogP contribution in [0.3, 0.4) is 0 Å².